The number of methoxy groups -OCH3 is 1. The number of hydrogen-bond acceptors (Lipinski definition) is 2. The van der Waals surface area contributed by atoms with Crippen LogP contribution in [0, 0.1) is 0 Å². The number of alkyl halides is 3. The van der Waals surface area contributed by atoms with Crippen LogP contribution >= 0.6 is 0 Å². The second-order valence-corrected chi connectivity index (χ2v) is 7.74. The summed E-state index contributed by atoms with van der Waals surface area (Å²) >= 11 is 0. The monoisotopic (exact) mass is 459 g/mol. The van der Waals surface area contributed by atoms with E-state index in [1.54, 1.807) is 18.1 Å². The Balaban J connectivity index is 1.70. The molecule has 0 saturated carbocycles. The summed E-state index contributed by atoms with van der Waals surface area (Å²) in [5.74, 6) is 0. The van der Waals surface area contributed by atoms with E-state index in [9.17, 15) is 18.0 Å². The molecule has 1 N–H and O–H groups in total. The van der Waals surface area contributed by atoms with Gasteiger partial charge in [-0.15, -0.1) is 0 Å². The molecule has 0 fully saturated rings. The Labute approximate surface area is 191 Å². The van der Waals surface area contributed by atoms with E-state index < -0.39 is 11.7 Å². The number of hydrogen-bond donors (Lipinski definition) is 1. The van der Waals surface area contributed by atoms with Gasteiger partial charge in [0.15, 0.2) is 0 Å². The van der Waals surface area contributed by atoms with Gasteiger partial charge in [-0.2, -0.15) is 13.2 Å². The highest BCUT2D eigenvalue weighted by molar-refractivity contribution is 5.74. The van der Waals surface area contributed by atoms with Crippen molar-refractivity contribution in [3.05, 3.63) is 95.3 Å². The number of aromatic nitrogens is 1. The zero-order chi connectivity index (χ0) is 23.7. The van der Waals surface area contributed by atoms with Crippen molar-refractivity contribution in [2.24, 2.45) is 0 Å². The quantitative estimate of drug-likeness (QED) is 0.418. The fraction of sp³-hybridized carbons (Fsp3) is 0.320. The smallest absolute Gasteiger partial charge is 0.385 e. The molecule has 0 aliphatic rings. The van der Waals surface area contributed by atoms with Crippen LogP contribution in [0.4, 0.5) is 18.0 Å². The first-order chi connectivity index (χ1) is 15.9. The molecule has 0 bridgehead atoms. The van der Waals surface area contributed by atoms with Gasteiger partial charge < -0.3 is 19.5 Å². The van der Waals surface area contributed by atoms with E-state index in [0.717, 1.165) is 23.4 Å². The van der Waals surface area contributed by atoms with Crippen molar-refractivity contribution in [2.75, 3.05) is 20.3 Å². The van der Waals surface area contributed by atoms with E-state index in [0.29, 0.717) is 38.2 Å². The molecule has 0 unspecified atom stereocenters. The number of ether oxygens (including phenoxy) is 1. The lowest BCUT2D eigenvalue weighted by Gasteiger charge is -2.24. The standard InChI is InChI=1S/C25H28F3N3O2/c1-33-15-7-14-31(24(32)29-17-20-8-3-2-4-9-20)19-23-12-6-13-30(23)18-21-10-5-11-22(16-21)25(26,27)28/h2-6,8-13,16H,7,14-15,17-19H2,1H3,(H,29,32). The molecule has 176 valence electrons. The number of halogens is 3. The summed E-state index contributed by atoms with van der Waals surface area (Å²) < 4.78 is 46.2. The zero-order valence-corrected chi connectivity index (χ0v) is 18.5. The van der Waals surface area contributed by atoms with Gasteiger partial charge >= 0.3 is 12.2 Å². The van der Waals surface area contributed by atoms with Crippen molar-refractivity contribution in [3.8, 4) is 0 Å². The van der Waals surface area contributed by atoms with Gasteiger partial charge in [0.25, 0.3) is 0 Å². The van der Waals surface area contributed by atoms with Crippen LogP contribution in [0.25, 0.3) is 0 Å². The normalized spacial score (nSPS) is 11.4. The first-order valence-corrected chi connectivity index (χ1v) is 10.7. The second kappa shape index (κ2) is 11.6. The summed E-state index contributed by atoms with van der Waals surface area (Å²) in [6, 6.07) is 18.4. The molecule has 1 aromatic heterocycles. The lowest BCUT2D eigenvalue weighted by Crippen LogP contribution is -2.40. The van der Waals surface area contributed by atoms with E-state index >= 15 is 0 Å². The van der Waals surface area contributed by atoms with Crippen LogP contribution in [0.3, 0.4) is 0 Å². The predicted octanol–water partition coefficient (Wildman–Crippen LogP) is 5.30. The first-order valence-electron chi connectivity index (χ1n) is 10.7. The summed E-state index contributed by atoms with van der Waals surface area (Å²) in [6.07, 6.45) is -1.90. The molecule has 3 aromatic rings. The summed E-state index contributed by atoms with van der Waals surface area (Å²) in [7, 11) is 1.61. The van der Waals surface area contributed by atoms with E-state index in [-0.39, 0.29) is 12.6 Å². The fourth-order valence-electron chi connectivity index (χ4n) is 3.52. The molecule has 2 aromatic carbocycles. The number of nitrogens with one attached hydrogen (secondary N) is 1. The summed E-state index contributed by atoms with van der Waals surface area (Å²) in [5, 5.41) is 2.94. The van der Waals surface area contributed by atoms with Crippen molar-refractivity contribution < 1.29 is 22.7 Å². The largest absolute Gasteiger partial charge is 0.416 e. The lowest BCUT2D eigenvalue weighted by atomic mass is 10.1. The Morgan fingerprint density at radius 2 is 1.79 bits per heavy atom. The Kier molecular flexibility index (Phi) is 8.54. The maximum absolute atomic E-state index is 13.1. The van der Waals surface area contributed by atoms with Gasteiger partial charge in [0.05, 0.1) is 12.1 Å². The third-order valence-corrected chi connectivity index (χ3v) is 5.23. The van der Waals surface area contributed by atoms with Crippen LogP contribution in [0.15, 0.2) is 72.9 Å². The fourth-order valence-corrected chi connectivity index (χ4v) is 3.52. The van der Waals surface area contributed by atoms with Crippen molar-refractivity contribution in [1.82, 2.24) is 14.8 Å². The SMILES string of the molecule is COCCCN(Cc1cccn1Cc1cccc(C(F)(F)F)c1)C(=O)NCc1ccccc1. The molecule has 3 rings (SSSR count). The highest BCUT2D eigenvalue weighted by atomic mass is 19.4. The van der Waals surface area contributed by atoms with Gasteiger partial charge in [-0.05, 0) is 41.8 Å². The van der Waals surface area contributed by atoms with E-state index in [2.05, 4.69) is 5.32 Å². The molecule has 2 amide bonds. The number of carbonyl (C=O) groups is 1. The Bertz CT molecular complexity index is 1020. The van der Waals surface area contributed by atoms with Gasteiger partial charge in [-0.3, -0.25) is 0 Å². The molecule has 1 heterocycles. The number of carbonyl (C=O) groups excluding carboxylic acids is 1. The third-order valence-electron chi connectivity index (χ3n) is 5.23. The average molecular weight is 460 g/mol. The minimum Gasteiger partial charge on any atom is -0.385 e. The Morgan fingerprint density at radius 3 is 2.52 bits per heavy atom. The molecule has 0 aliphatic heterocycles. The molecule has 0 aliphatic carbocycles. The first kappa shape index (κ1) is 24.4. The van der Waals surface area contributed by atoms with Gasteiger partial charge in [0.2, 0.25) is 0 Å². The highest BCUT2D eigenvalue weighted by Gasteiger charge is 2.30. The van der Waals surface area contributed by atoms with E-state index in [4.69, 9.17) is 4.74 Å². The van der Waals surface area contributed by atoms with Crippen molar-refractivity contribution >= 4 is 6.03 Å². The Morgan fingerprint density at radius 1 is 1.03 bits per heavy atom. The number of nitrogens with zero attached hydrogens (tertiary/aromatic N) is 2. The van der Waals surface area contributed by atoms with Crippen LogP contribution in [0.1, 0.15) is 28.8 Å². The van der Waals surface area contributed by atoms with Crippen LogP contribution in [0.5, 0.6) is 0 Å². The summed E-state index contributed by atoms with van der Waals surface area (Å²) in [4.78, 5) is 14.6. The zero-order valence-electron chi connectivity index (χ0n) is 18.5. The molecule has 0 spiro atoms. The van der Waals surface area contributed by atoms with Gasteiger partial charge in [-0.25, -0.2) is 4.79 Å². The van der Waals surface area contributed by atoms with Crippen molar-refractivity contribution in [3.63, 3.8) is 0 Å². The van der Waals surface area contributed by atoms with Crippen LogP contribution < -0.4 is 5.32 Å². The molecule has 33 heavy (non-hydrogen) atoms. The maximum atomic E-state index is 13.1. The highest BCUT2D eigenvalue weighted by Crippen LogP contribution is 2.29. The lowest BCUT2D eigenvalue weighted by molar-refractivity contribution is -0.137. The number of urea groups is 1. The summed E-state index contributed by atoms with van der Waals surface area (Å²) in [5.41, 5.74) is 1.70. The number of amides is 2. The number of rotatable bonds is 10. The second-order valence-electron chi connectivity index (χ2n) is 7.74. The minimum atomic E-state index is -4.38. The molecular formula is C25H28F3N3O2. The molecule has 0 radical (unpaired) electrons. The average Bonchev–Trinajstić information content (AvgIpc) is 3.23. The van der Waals surface area contributed by atoms with Crippen molar-refractivity contribution in [2.45, 2.75) is 32.2 Å². The van der Waals surface area contributed by atoms with Gasteiger partial charge in [-0.1, -0.05) is 42.5 Å². The van der Waals surface area contributed by atoms with E-state index in [1.165, 1.54) is 6.07 Å². The molecule has 0 atom stereocenters. The maximum Gasteiger partial charge on any atom is 0.416 e. The van der Waals surface area contributed by atoms with Crippen molar-refractivity contribution in [1.29, 1.82) is 0 Å². The topological polar surface area (TPSA) is 46.5 Å². The molecule has 0 saturated heterocycles. The van der Waals surface area contributed by atoms with Gasteiger partial charge in [0.1, 0.15) is 0 Å². The third kappa shape index (κ3) is 7.39. The molecular weight excluding hydrogens is 431 g/mol. The predicted molar refractivity (Wildman–Crippen MR) is 121 cm³/mol. The molecule has 5 nitrogen and oxygen atoms in total. The van der Waals surface area contributed by atoms with Crippen LogP contribution in [0.2, 0.25) is 0 Å². The number of benzene rings is 2. The van der Waals surface area contributed by atoms with Crippen LogP contribution in [-0.4, -0.2) is 35.8 Å². The molecule has 8 heteroatoms. The van der Waals surface area contributed by atoms with Crippen LogP contribution in [-0.2, 0) is 30.5 Å². The minimum absolute atomic E-state index is 0.207. The van der Waals surface area contributed by atoms with Gasteiger partial charge in [0, 0.05) is 45.2 Å². The summed E-state index contributed by atoms with van der Waals surface area (Å²) in [6.45, 7) is 2.03. The van der Waals surface area contributed by atoms with E-state index in [1.807, 2.05) is 53.2 Å². The Hall–Kier alpha value is -3.26.